The third-order valence-electron chi connectivity index (χ3n) is 5.91. The summed E-state index contributed by atoms with van der Waals surface area (Å²) < 4.78 is 30.4. The SMILES string of the molecule is C=C(O)OCCCCCCOC1CCC(C(=O)OC2CCC(C)CC2F)CC1. The average Bonchev–Trinajstić information content (AvgIpc) is 2.66. The summed E-state index contributed by atoms with van der Waals surface area (Å²) in [6.45, 7) is 6.56. The second-order valence-electron chi connectivity index (χ2n) is 8.41. The van der Waals surface area contributed by atoms with Gasteiger partial charge in [-0.3, -0.25) is 4.79 Å². The zero-order chi connectivity index (χ0) is 20.4. The van der Waals surface area contributed by atoms with Crippen molar-refractivity contribution in [2.45, 2.75) is 95.9 Å². The Balaban J connectivity index is 1.51. The van der Waals surface area contributed by atoms with Gasteiger partial charge in [0.05, 0.1) is 18.6 Å². The number of hydrogen-bond donors (Lipinski definition) is 1. The Morgan fingerprint density at radius 2 is 1.71 bits per heavy atom. The number of unbranched alkanes of at least 4 members (excludes halogenated alkanes) is 3. The van der Waals surface area contributed by atoms with Crippen LogP contribution < -0.4 is 0 Å². The van der Waals surface area contributed by atoms with Crippen molar-refractivity contribution in [1.82, 2.24) is 0 Å². The Labute approximate surface area is 168 Å². The molecule has 2 fully saturated rings. The summed E-state index contributed by atoms with van der Waals surface area (Å²) in [5.74, 6) is -0.159. The molecule has 3 atom stereocenters. The van der Waals surface area contributed by atoms with E-state index >= 15 is 0 Å². The van der Waals surface area contributed by atoms with Crippen molar-refractivity contribution < 1.29 is 28.5 Å². The van der Waals surface area contributed by atoms with Crippen LogP contribution in [-0.4, -0.2) is 42.7 Å². The van der Waals surface area contributed by atoms with Gasteiger partial charge in [0.15, 0.2) is 0 Å². The molecule has 0 bridgehead atoms. The Kier molecular flexibility index (Phi) is 10.1. The number of esters is 1. The van der Waals surface area contributed by atoms with Crippen molar-refractivity contribution in [3.8, 4) is 0 Å². The number of rotatable bonds is 11. The van der Waals surface area contributed by atoms with E-state index in [0.717, 1.165) is 64.4 Å². The van der Waals surface area contributed by atoms with Crippen LogP contribution in [0, 0.1) is 11.8 Å². The Morgan fingerprint density at radius 3 is 2.36 bits per heavy atom. The second kappa shape index (κ2) is 12.3. The molecule has 6 heteroatoms. The lowest BCUT2D eigenvalue weighted by Crippen LogP contribution is -2.37. The van der Waals surface area contributed by atoms with Crippen molar-refractivity contribution in [3.05, 3.63) is 12.5 Å². The number of aliphatic hydroxyl groups is 1. The number of alkyl halides is 1. The van der Waals surface area contributed by atoms with Crippen molar-refractivity contribution in [2.24, 2.45) is 11.8 Å². The van der Waals surface area contributed by atoms with Gasteiger partial charge in [-0.15, -0.1) is 0 Å². The molecule has 0 heterocycles. The van der Waals surface area contributed by atoms with Gasteiger partial charge in [0.1, 0.15) is 12.3 Å². The maximum absolute atomic E-state index is 14.1. The van der Waals surface area contributed by atoms with Crippen molar-refractivity contribution in [2.75, 3.05) is 13.2 Å². The molecular formula is C22H37FO5. The molecule has 2 saturated carbocycles. The first kappa shape index (κ1) is 23.0. The fourth-order valence-electron chi connectivity index (χ4n) is 4.12. The first-order chi connectivity index (χ1) is 13.5. The van der Waals surface area contributed by atoms with E-state index in [9.17, 15) is 9.18 Å². The van der Waals surface area contributed by atoms with Gasteiger partial charge in [-0.1, -0.05) is 13.3 Å². The molecule has 0 saturated heterocycles. The van der Waals surface area contributed by atoms with E-state index < -0.39 is 12.3 Å². The smallest absolute Gasteiger partial charge is 0.309 e. The van der Waals surface area contributed by atoms with Crippen LogP contribution in [0.3, 0.4) is 0 Å². The van der Waals surface area contributed by atoms with Gasteiger partial charge in [0.25, 0.3) is 5.95 Å². The topological polar surface area (TPSA) is 65.0 Å². The molecule has 28 heavy (non-hydrogen) atoms. The van der Waals surface area contributed by atoms with Gasteiger partial charge >= 0.3 is 5.97 Å². The van der Waals surface area contributed by atoms with Crippen LogP contribution in [0.1, 0.15) is 77.6 Å². The minimum Gasteiger partial charge on any atom is -0.481 e. The normalized spacial score (nSPS) is 30.6. The lowest BCUT2D eigenvalue weighted by molar-refractivity contribution is -0.162. The van der Waals surface area contributed by atoms with Crippen molar-refractivity contribution in [1.29, 1.82) is 0 Å². The molecule has 0 amide bonds. The quantitative estimate of drug-likeness (QED) is 0.292. The van der Waals surface area contributed by atoms with E-state index in [0.29, 0.717) is 25.4 Å². The fourth-order valence-corrected chi connectivity index (χ4v) is 4.12. The molecule has 3 unspecified atom stereocenters. The highest BCUT2D eigenvalue weighted by atomic mass is 19.1. The van der Waals surface area contributed by atoms with E-state index in [4.69, 9.17) is 19.3 Å². The maximum atomic E-state index is 14.1. The number of hydrogen-bond acceptors (Lipinski definition) is 5. The van der Waals surface area contributed by atoms with Crippen LogP contribution in [0.2, 0.25) is 0 Å². The van der Waals surface area contributed by atoms with Gasteiger partial charge in [0, 0.05) is 6.61 Å². The van der Waals surface area contributed by atoms with Gasteiger partial charge in [-0.25, -0.2) is 4.39 Å². The molecule has 2 aliphatic carbocycles. The summed E-state index contributed by atoms with van der Waals surface area (Å²) >= 11 is 0. The Hall–Kier alpha value is -1.30. The number of carbonyl (C=O) groups excluding carboxylic acids is 1. The molecule has 2 aliphatic rings. The number of halogens is 1. The first-order valence-corrected chi connectivity index (χ1v) is 10.9. The van der Waals surface area contributed by atoms with E-state index in [-0.39, 0.29) is 23.9 Å². The number of carbonyl (C=O) groups is 1. The zero-order valence-electron chi connectivity index (χ0n) is 17.2. The second-order valence-corrected chi connectivity index (χ2v) is 8.41. The van der Waals surface area contributed by atoms with Crippen LogP contribution in [0.4, 0.5) is 4.39 Å². The van der Waals surface area contributed by atoms with E-state index in [1.54, 1.807) is 0 Å². The summed E-state index contributed by atoms with van der Waals surface area (Å²) in [6.07, 6.45) is 8.01. The van der Waals surface area contributed by atoms with E-state index in [1.165, 1.54) is 0 Å². The van der Waals surface area contributed by atoms with Crippen molar-refractivity contribution in [3.63, 3.8) is 0 Å². The molecule has 162 valence electrons. The predicted octanol–water partition coefficient (Wildman–Crippen LogP) is 5.24. The van der Waals surface area contributed by atoms with Crippen LogP contribution in [0.5, 0.6) is 0 Å². The average molecular weight is 401 g/mol. The van der Waals surface area contributed by atoms with Gasteiger partial charge in [-0.05, 0) is 76.7 Å². The summed E-state index contributed by atoms with van der Waals surface area (Å²) in [4.78, 5) is 12.4. The van der Waals surface area contributed by atoms with Crippen LogP contribution in [-0.2, 0) is 19.0 Å². The molecule has 0 radical (unpaired) electrons. The number of ether oxygens (including phenoxy) is 3. The molecular weight excluding hydrogens is 363 g/mol. The highest BCUT2D eigenvalue weighted by Crippen LogP contribution is 2.32. The molecule has 0 aromatic rings. The van der Waals surface area contributed by atoms with Gasteiger partial charge in [0.2, 0.25) is 0 Å². The minimum absolute atomic E-state index is 0.104. The van der Waals surface area contributed by atoms with E-state index in [1.807, 2.05) is 0 Å². The highest BCUT2D eigenvalue weighted by Gasteiger charge is 2.34. The fraction of sp³-hybridized carbons (Fsp3) is 0.864. The van der Waals surface area contributed by atoms with Crippen LogP contribution in [0.25, 0.3) is 0 Å². The molecule has 2 rings (SSSR count). The molecule has 1 N–H and O–H groups in total. The highest BCUT2D eigenvalue weighted by molar-refractivity contribution is 5.72. The maximum Gasteiger partial charge on any atom is 0.309 e. The standard InChI is InChI=1S/C22H37FO5/c1-16-7-12-21(20(23)15-16)28-22(25)18-8-10-19(11-9-18)27-14-6-4-3-5-13-26-17(2)24/h16,18-21,24H,2-15H2,1H3. The Morgan fingerprint density at radius 1 is 1.04 bits per heavy atom. The largest absolute Gasteiger partial charge is 0.481 e. The molecule has 0 aromatic heterocycles. The van der Waals surface area contributed by atoms with Crippen molar-refractivity contribution >= 4 is 5.97 Å². The van der Waals surface area contributed by atoms with Crippen LogP contribution in [0.15, 0.2) is 12.5 Å². The van der Waals surface area contributed by atoms with Gasteiger partial charge in [-0.2, -0.15) is 0 Å². The summed E-state index contributed by atoms with van der Waals surface area (Å²) in [5, 5.41) is 8.81. The van der Waals surface area contributed by atoms with E-state index in [2.05, 4.69) is 13.5 Å². The zero-order valence-corrected chi connectivity index (χ0v) is 17.2. The summed E-state index contributed by atoms with van der Waals surface area (Å²) in [5.41, 5.74) is 0. The predicted molar refractivity (Wildman–Crippen MR) is 106 cm³/mol. The molecule has 5 nitrogen and oxygen atoms in total. The summed E-state index contributed by atoms with van der Waals surface area (Å²) in [6, 6.07) is 0. The lowest BCUT2D eigenvalue weighted by atomic mass is 9.86. The van der Waals surface area contributed by atoms with Gasteiger partial charge < -0.3 is 19.3 Å². The summed E-state index contributed by atoms with van der Waals surface area (Å²) in [7, 11) is 0. The Bertz CT molecular complexity index is 476. The molecule has 0 aromatic carbocycles. The third kappa shape index (κ3) is 8.38. The molecule has 0 spiro atoms. The minimum atomic E-state index is -1.01. The lowest BCUT2D eigenvalue weighted by Gasteiger charge is -2.32. The first-order valence-electron chi connectivity index (χ1n) is 10.9. The molecule has 0 aliphatic heterocycles. The van der Waals surface area contributed by atoms with Crippen LogP contribution >= 0.6 is 0 Å². The monoisotopic (exact) mass is 400 g/mol. The number of aliphatic hydroxyl groups excluding tert-OH is 1. The third-order valence-corrected chi connectivity index (χ3v) is 5.91.